The van der Waals surface area contributed by atoms with Gasteiger partial charge in [-0.15, -0.1) is 0 Å². The van der Waals surface area contributed by atoms with E-state index in [1.807, 2.05) is 6.07 Å². The van der Waals surface area contributed by atoms with Crippen LogP contribution in [-0.4, -0.2) is 24.1 Å². The molecule has 0 unspecified atom stereocenters. The van der Waals surface area contributed by atoms with E-state index < -0.39 is 5.41 Å². The maximum atomic E-state index is 12.0. The van der Waals surface area contributed by atoms with Crippen molar-refractivity contribution in [1.29, 1.82) is 5.26 Å². The molecular weight excluding hydrogens is 246 g/mol. The van der Waals surface area contributed by atoms with Gasteiger partial charge in [-0.3, -0.25) is 4.79 Å². The lowest BCUT2D eigenvalue weighted by atomic mass is 9.87. The van der Waals surface area contributed by atoms with Gasteiger partial charge in [0.1, 0.15) is 5.52 Å². The molecule has 1 fully saturated rings. The lowest BCUT2D eigenvalue weighted by Crippen LogP contribution is -2.50. The van der Waals surface area contributed by atoms with E-state index in [1.165, 1.54) is 0 Å². The largest absolute Gasteiger partial charge is 0.441 e. The molecular formula is C13H11N3O3. The first-order chi connectivity index (χ1) is 9.13. The van der Waals surface area contributed by atoms with Crippen molar-refractivity contribution in [2.75, 3.05) is 18.5 Å². The molecule has 0 spiro atoms. The van der Waals surface area contributed by atoms with E-state index in [9.17, 15) is 4.79 Å². The molecule has 1 amide bonds. The number of carbonyl (C=O) groups is 1. The van der Waals surface area contributed by atoms with Gasteiger partial charge >= 0.3 is 0 Å². The lowest BCUT2D eigenvalue weighted by Gasteiger charge is -2.33. The van der Waals surface area contributed by atoms with Crippen LogP contribution in [0.3, 0.4) is 0 Å². The molecule has 1 aromatic heterocycles. The number of hydrogen-bond acceptors (Lipinski definition) is 5. The summed E-state index contributed by atoms with van der Waals surface area (Å²) in [5.41, 5.74) is 0.852. The van der Waals surface area contributed by atoms with E-state index in [-0.39, 0.29) is 19.1 Å². The van der Waals surface area contributed by atoms with Crippen molar-refractivity contribution in [3.05, 3.63) is 24.1 Å². The third-order valence-electron chi connectivity index (χ3n) is 3.10. The summed E-state index contributed by atoms with van der Waals surface area (Å²) in [5, 5.41) is 11.7. The summed E-state index contributed by atoms with van der Waals surface area (Å²) in [6.07, 6.45) is 0. The Bertz CT molecular complexity index is 695. The maximum absolute atomic E-state index is 12.0. The zero-order chi connectivity index (χ0) is 13.5. The van der Waals surface area contributed by atoms with Gasteiger partial charge in [0.2, 0.25) is 5.91 Å². The van der Waals surface area contributed by atoms with E-state index in [4.69, 9.17) is 14.4 Å². The molecule has 6 heteroatoms. The van der Waals surface area contributed by atoms with E-state index in [0.717, 1.165) is 5.52 Å². The van der Waals surface area contributed by atoms with Gasteiger partial charge in [0.15, 0.2) is 16.9 Å². The number of oxazole rings is 1. The lowest BCUT2D eigenvalue weighted by molar-refractivity contribution is -0.144. The second-order valence-corrected chi connectivity index (χ2v) is 4.56. The van der Waals surface area contributed by atoms with E-state index in [1.54, 1.807) is 25.1 Å². The first-order valence-corrected chi connectivity index (χ1v) is 5.81. The number of carbonyl (C=O) groups excluding carboxylic acids is 1. The van der Waals surface area contributed by atoms with Gasteiger partial charge in [-0.05, 0) is 12.1 Å². The molecule has 1 aliphatic rings. The second kappa shape index (κ2) is 4.07. The summed E-state index contributed by atoms with van der Waals surface area (Å²) in [6.45, 7) is 2.03. The highest BCUT2D eigenvalue weighted by molar-refractivity contribution is 5.99. The summed E-state index contributed by atoms with van der Waals surface area (Å²) in [4.78, 5) is 16.2. The molecule has 0 saturated carbocycles. The predicted molar refractivity (Wildman–Crippen MR) is 66.2 cm³/mol. The fourth-order valence-electron chi connectivity index (χ4n) is 1.92. The van der Waals surface area contributed by atoms with Crippen LogP contribution in [-0.2, 0) is 9.53 Å². The van der Waals surface area contributed by atoms with Crippen LogP contribution >= 0.6 is 0 Å². The molecule has 1 aliphatic heterocycles. The van der Waals surface area contributed by atoms with Crippen molar-refractivity contribution in [2.24, 2.45) is 5.41 Å². The average molecular weight is 257 g/mol. The number of rotatable bonds is 2. The number of aryl methyl sites for hydroxylation is 1. The number of amides is 1. The highest BCUT2D eigenvalue weighted by atomic mass is 16.5. The number of aromatic nitrogens is 1. The zero-order valence-corrected chi connectivity index (χ0v) is 10.3. The van der Waals surface area contributed by atoms with Gasteiger partial charge in [-0.1, -0.05) is 0 Å². The summed E-state index contributed by atoms with van der Waals surface area (Å²) in [6, 6.07) is 7.19. The van der Waals surface area contributed by atoms with Crippen molar-refractivity contribution in [3.8, 4) is 6.07 Å². The number of anilines is 1. The Morgan fingerprint density at radius 1 is 1.53 bits per heavy atom. The fraction of sp³-hybridized carbons (Fsp3) is 0.308. The minimum absolute atomic E-state index is 0.138. The van der Waals surface area contributed by atoms with Gasteiger partial charge in [0, 0.05) is 18.7 Å². The molecule has 1 N–H and O–H groups in total. The van der Waals surface area contributed by atoms with Crippen LogP contribution in [0.4, 0.5) is 5.69 Å². The quantitative estimate of drug-likeness (QED) is 0.883. The topological polar surface area (TPSA) is 88.2 Å². The van der Waals surface area contributed by atoms with E-state index in [2.05, 4.69) is 10.3 Å². The Labute approximate surface area is 109 Å². The van der Waals surface area contributed by atoms with E-state index >= 15 is 0 Å². The van der Waals surface area contributed by atoms with Crippen molar-refractivity contribution < 1.29 is 13.9 Å². The molecule has 1 aromatic carbocycles. The molecule has 2 heterocycles. The SMILES string of the molecule is Cc1nc2ccc(NC(=O)C3(C#N)COC3)cc2o1. The highest BCUT2D eigenvalue weighted by Crippen LogP contribution is 2.29. The van der Waals surface area contributed by atoms with Gasteiger partial charge in [0.25, 0.3) is 0 Å². The number of hydrogen-bond donors (Lipinski definition) is 1. The van der Waals surface area contributed by atoms with Crippen LogP contribution in [0.1, 0.15) is 5.89 Å². The standard InChI is InChI=1S/C13H11N3O3/c1-8-15-10-3-2-9(4-11(10)19-8)16-12(17)13(5-14)6-18-7-13/h2-4H,6-7H2,1H3,(H,16,17). The summed E-state index contributed by atoms with van der Waals surface area (Å²) in [5.74, 6) is 0.219. The van der Waals surface area contributed by atoms with Gasteiger partial charge < -0.3 is 14.5 Å². The van der Waals surface area contributed by atoms with Gasteiger partial charge in [0.05, 0.1) is 19.3 Å². The molecule has 3 rings (SSSR count). The Hall–Kier alpha value is -2.39. The number of nitriles is 1. The van der Waals surface area contributed by atoms with Crippen molar-refractivity contribution in [2.45, 2.75) is 6.92 Å². The van der Waals surface area contributed by atoms with Crippen LogP contribution in [0.25, 0.3) is 11.1 Å². The molecule has 0 aliphatic carbocycles. The maximum Gasteiger partial charge on any atom is 0.249 e. The third kappa shape index (κ3) is 1.84. The molecule has 6 nitrogen and oxygen atoms in total. The minimum Gasteiger partial charge on any atom is -0.441 e. The normalized spacial score (nSPS) is 16.6. The fourth-order valence-corrected chi connectivity index (χ4v) is 1.92. The Morgan fingerprint density at radius 2 is 2.32 bits per heavy atom. The minimum atomic E-state index is -1.06. The van der Waals surface area contributed by atoms with E-state index in [0.29, 0.717) is 17.2 Å². The Kier molecular flexibility index (Phi) is 2.50. The molecule has 0 bridgehead atoms. The van der Waals surface area contributed by atoms with Crippen molar-refractivity contribution >= 4 is 22.7 Å². The summed E-state index contributed by atoms with van der Waals surface area (Å²) < 4.78 is 10.3. The molecule has 1 saturated heterocycles. The molecule has 96 valence electrons. The van der Waals surface area contributed by atoms with Crippen LogP contribution < -0.4 is 5.32 Å². The first kappa shape index (κ1) is 11.7. The van der Waals surface area contributed by atoms with Crippen LogP contribution in [0.15, 0.2) is 22.6 Å². The number of benzene rings is 1. The first-order valence-electron chi connectivity index (χ1n) is 5.81. The van der Waals surface area contributed by atoms with Crippen LogP contribution in [0, 0.1) is 23.7 Å². The average Bonchev–Trinajstić information content (AvgIpc) is 2.67. The highest BCUT2D eigenvalue weighted by Gasteiger charge is 2.46. The van der Waals surface area contributed by atoms with Crippen LogP contribution in [0.5, 0.6) is 0 Å². The molecule has 0 atom stereocenters. The Balaban J connectivity index is 1.85. The van der Waals surface area contributed by atoms with Crippen molar-refractivity contribution in [1.82, 2.24) is 4.98 Å². The van der Waals surface area contributed by atoms with Crippen LogP contribution in [0.2, 0.25) is 0 Å². The van der Waals surface area contributed by atoms with Gasteiger partial charge in [-0.2, -0.15) is 5.26 Å². The third-order valence-corrected chi connectivity index (χ3v) is 3.10. The summed E-state index contributed by atoms with van der Waals surface area (Å²) in [7, 11) is 0. The van der Waals surface area contributed by atoms with Gasteiger partial charge in [-0.25, -0.2) is 4.98 Å². The number of ether oxygens (including phenoxy) is 1. The molecule has 19 heavy (non-hydrogen) atoms. The van der Waals surface area contributed by atoms with Crippen molar-refractivity contribution in [3.63, 3.8) is 0 Å². The number of nitrogens with zero attached hydrogens (tertiary/aromatic N) is 2. The summed E-state index contributed by atoms with van der Waals surface area (Å²) >= 11 is 0. The second-order valence-electron chi connectivity index (χ2n) is 4.56. The Morgan fingerprint density at radius 3 is 2.95 bits per heavy atom. The zero-order valence-electron chi connectivity index (χ0n) is 10.3. The number of nitrogens with one attached hydrogen (secondary N) is 1. The predicted octanol–water partition coefficient (Wildman–Crippen LogP) is 1.61. The number of fused-ring (bicyclic) bond motifs is 1. The molecule has 2 aromatic rings. The monoisotopic (exact) mass is 257 g/mol. The smallest absolute Gasteiger partial charge is 0.249 e. The molecule has 0 radical (unpaired) electrons.